The number of anilines is 1. The minimum absolute atomic E-state index is 0.0917. The fraction of sp³-hybridized carbons (Fsp3) is 0.458. The smallest absolute Gasteiger partial charge is 0.248 e. The lowest BCUT2D eigenvalue weighted by Crippen LogP contribution is -2.62. The summed E-state index contributed by atoms with van der Waals surface area (Å²) in [6.07, 6.45) is 1.66. The number of carbonyl (C=O) groups is 2. The summed E-state index contributed by atoms with van der Waals surface area (Å²) in [6, 6.07) is 13.2. The highest BCUT2D eigenvalue weighted by Gasteiger charge is 2.45. The number of hydrogen-bond donors (Lipinski definition) is 2. The van der Waals surface area contributed by atoms with Crippen LogP contribution in [0.3, 0.4) is 0 Å². The highest BCUT2D eigenvalue weighted by Crippen LogP contribution is 2.28. The Bertz CT molecular complexity index is 964. The van der Waals surface area contributed by atoms with Crippen LogP contribution in [-0.4, -0.2) is 83.7 Å². The molecule has 0 aliphatic carbocycles. The molecule has 2 aliphatic rings. The van der Waals surface area contributed by atoms with Gasteiger partial charge in [-0.15, -0.1) is 0 Å². The molecular weight excluding hydrogens is 422 g/mol. The first kappa shape index (κ1) is 23.0. The summed E-state index contributed by atoms with van der Waals surface area (Å²) >= 11 is 0. The van der Waals surface area contributed by atoms with Crippen molar-refractivity contribution >= 4 is 17.5 Å². The topological polar surface area (TPSA) is 98.2 Å². The van der Waals surface area contributed by atoms with Crippen molar-refractivity contribution in [3.63, 3.8) is 0 Å². The van der Waals surface area contributed by atoms with Gasteiger partial charge >= 0.3 is 0 Å². The molecule has 2 fully saturated rings. The van der Waals surface area contributed by atoms with E-state index < -0.39 is 17.9 Å². The lowest BCUT2D eigenvalue weighted by atomic mass is 9.86. The molecule has 33 heavy (non-hydrogen) atoms. The van der Waals surface area contributed by atoms with Crippen molar-refractivity contribution in [2.45, 2.75) is 25.5 Å². The van der Waals surface area contributed by atoms with E-state index >= 15 is 0 Å². The van der Waals surface area contributed by atoms with Crippen molar-refractivity contribution in [3.8, 4) is 5.88 Å². The largest absolute Gasteiger partial charge is 0.473 e. The van der Waals surface area contributed by atoms with E-state index in [0.717, 1.165) is 24.3 Å². The second kappa shape index (κ2) is 10.2. The number of amides is 2. The minimum atomic E-state index is -0.733. The molecule has 2 N–H and O–H groups in total. The Morgan fingerprint density at radius 3 is 2.52 bits per heavy atom. The number of hydrogen-bond acceptors (Lipinski definition) is 7. The summed E-state index contributed by atoms with van der Waals surface area (Å²) < 4.78 is 6.02. The lowest BCUT2D eigenvalue weighted by molar-refractivity contribution is -0.151. The molecule has 2 aliphatic heterocycles. The number of hydroxylamine groups is 1. The molecule has 2 aromatic rings. The molecular formula is C24H31N5O4. The van der Waals surface area contributed by atoms with Gasteiger partial charge in [-0.05, 0) is 44.2 Å². The first-order valence-electron chi connectivity index (χ1n) is 11.3. The maximum Gasteiger partial charge on any atom is 0.248 e. The number of likely N-dealkylation sites (N-methyl/N-ethyl adjacent to an activating group) is 1. The van der Waals surface area contributed by atoms with Gasteiger partial charge in [-0.25, -0.2) is 10.5 Å². The van der Waals surface area contributed by atoms with Crippen LogP contribution in [-0.2, 0) is 9.59 Å². The Kier molecular flexibility index (Phi) is 7.10. The van der Waals surface area contributed by atoms with E-state index in [9.17, 15) is 14.8 Å². The van der Waals surface area contributed by atoms with E-state index in [1.54, 1.807) is 11.7 Å². The Morgan fingerprint density at radius 2 is 1.85 bits per heavy atom. The van der Waals surface area contributed by atoms with Crippen LogP contribution in [0.4, 0.5) is 5.69 Å². The molecule has 0 bridgehead atoms. The van der Waals surface area contributed by atoms with Gasteiger partial charge in [0, 0.05) is 50.7 Å². The molecule has 2 amide bonds. The van der Waals surface area contributed by atoms with E-state index in [-0.39, 0.29) is 12.0 Å². The number of benzene rings is 1. The number of piperidine rings is 1. The minimum Gasteiger partial charge on any atom is -0.473 e. The fourth-order valence-corrected chi connectivity index (χ4v) is 4.76. The molecule has 0 saturated carbocycles. The van der Waals surface area contributed by atoms with Crippen LogP contribution in [0.15, 0.2) is 48.7 Å². The van der Waals surface area contributed by atoms with Crippen LogP contribution in [0.1, 0.15) is 12.0 Å². The van der Waals surface area contributed by atoms with Crippen LogP contribution in [0.25, 0.3) is 0 Å². The molecule has 4 rings (SSSR count). The van der Waals surface area contributed by atoms with Crippen molar-refractivity contribution in [1.29, 1.82) is 0 Å². The van der Waals surface area contributed by atoms with Crippen molar-refractivity contribution in [1.82, 2.24) is 20.3 Å². The molecule has 176 valence electrons. The third-order valence-corrected chi connectivity index (χ3v) is 6.45. The number of nitrogens with one attached hydrogen (secondary N) is 1. The third kappa shape index (κ3) is 5.26. The van der Waals surface area contributed by atoms with Crippen molar-refractivity contribution in [2.24, 2.45) is 5.92 Å². The molecule has 3 heterocycles. The van der Waals surface area contributed by atoms with Gasteiger partial charge in [-0.2, -0.15) is 0 Å². The maximum atomic E-state index is 13.5. The fourth-order valence-electron chi connectivity index (χ4n) is 4.76. The molecule has 3 unspecified atom stereocenters. The van der Waals surface area contributed by atoms with Crippen LogP contribution < -0.4 is 15.1 Å². The maximum absolute atomic E-state index is 13.5. The molecule has 1 aromatic carbocycles. The summed E-state index contributed by atoms with van der Waals surface area (Å²) in [5.74, 6) is -0.916. The van der Waals surface area contributed by atoms with Gasteiger partial charge in [0.1, 0.15) is 12.1 Å². The number of aromatic nitrogens is 1. The number of carbonyl (C=O) groups excluding carboxylic acids is 2. The van der Waals surface area contributed by atoms with Crippen LogP contribution in [0.5, 0.6) is 5.88 Å². The van der Waals surface area contributed by atoms with Gasteiger partial charge in [0.25, 0.3) is 0 Å². The molecule has 9 nitrogen and oxygen atoms in total. The van der Waals surface area contributed by atoms with Gasteiger partial charge in [0.2, 0.25) is 17.7 Å². The van der Waals surface area contributed by atoms with Gasteiger partial charge in [0.15, 0.2) is 0 Å². The van der Waals surface area contributed by atoms with Gasteiger partial charge in [-0.3, -0.25) is 19.7 Å². The Labute approximate surface area is 193 Å². The zero-order valence-corrected chi connectivity index (χ0v) is 19.1. The summed E-state index contributed by atoms with van der Waals surface area (Å²) in [6.45, 7) is 5.06. The van der Waals surface area contributed by atoms with E-state index in [1.807, 2.05) is 54.1 Å². The molecule has 2 saturated heterocycles. The number of aryl methyl sites for hydroxylation is 1. The predicted molar refractivity (Wildman–Crippen MR) is 123 cm³/mol. The van der Waals surface area contributed by atoms with Crippen molar-refractivity contribution in [2.75, 3.05) is 44.7 Å². The molecule has 9 heteroatoms. The predicted octanol–water partition coefficient (Wildman–Crippen LogP) is 1.31. The van der Waals surface area contributed by atoms with Gasteiger partial charge in [-0.1, -0.05) is 18.2 Å². The first-order valence-corrected chi connectivity index (χ1v) is 11.3. The highest BCUT2D eigenvalue weighted by atomic mass is 16.5. The number of piperazine rings is 1. The summed E-state index contributed by atoms with van der Waals surface area (Å²) in [4.78, 5) is 36.2. The van der Waals surface area contributed by atoms with Gasteiger partial charge in [0.05, 0.1) is 5.92 Å². The van der Waals surface area contributed by atoms with E-state index in [0.29, 0.717) is 31.9 Å². The molecule has 1 aromatic heterocycles. The van der Waals surface area contributed by atoms with Gasteiger partial charge < -0.3 is 14.5 Å². The second-order valence-corrected chi connectivity index (χ2v) is 8.76. The van der Waals surface area contributed by atoms with Crippen molar-refractivity contribution < 1.29 is 19.5 Å². The Hall–Kier alpha value is -3.17. The molecule has 0 radical (unpaired) electrons. The number of ether oxygens (including phenoxy) is 1. The molecule has 0 spiro atoms. The number of para-hydroxylation sites is 1. The number of likely N-dealkylation sites (tertiary alicyclic amines) is 1. The van der Waals surface area contributed by atoms with Crippen LogP contribution in [0.2, 0.25) is 0 Å². The highest BCUT2D eigenvalue weighted by molar-refractivity contribution is 5.90. The number of pyridine rings is 1. The Balaban J connectivity index is 1.43. The first-order chi connectivity index (χ1) is 16.0. The third-order valence-electron chi connectivity index (χ3n) is 6.45. The van der Waals surface area contributed by atoms with E-state index in [1.165, 1.54) is 0 Å². The number of nitrogens with zero attached hydrogens (tertiary/aromatic N) is 4. The zero-order valence-electron chi connectivity index (χ0n) is 19.1. The average Bonchev–Trinajstić information content (AvgIpc) is 2.83. The second-order valence-electron chi connectivity index (χ2n) is 8.76. The Morgan fingerprint density at radius 1 is 1.12 bits per heavy atom. The van der Waals surface area contributed by atoms with E-state index in [2.05, 4.69) is 22.0 Å². The molecule has 3 atom stereocenters. The SMILES string of the molecule is Cc1ccnc(OC2CC(C(=O)NO)C(C(=O)N3CCN(c4ccccc4)CC3)N(C)C2)c1. The summed E-state index contributed by atoms with van der Waals surface area (Å²) in [7, 11) is 1.82. The zero-order chi connectivity index (χ0) is 23.4. The summed E-state index contributed by atoms with van der Waals surface area (Å²) in [5.41, 5.74) is 3.91. The van der Waals surface area contributed by atoms with Crippen molar-refractivity contribution in [3.05, 3.63) is 54.2 Å². The average molecular weight is 454 g/mol. The van der Waals surface area contributed by atoms with Crippen LogP contribution >= 0.6 is 0 Å². The standard InChI is InChI=1S/C24H31N5O4/c1-17-8-9-25-21(14-17)33-19-15-20(23(30)26-32)22(27(2)16-19)24(31)29-12-10-28(11-13-29)18-6-4-3-5-7-18/h3-9,14,19-20,22,32H,10-13,15-16H2,1-2H3,(H,26,30). The lowest BCUT2D eigenvalue weighted by Gasteiger charge is -2.44. The normalized spacial score (nSPS) is 23.8. The number of rotatable bonds is 5. The van der Waals surface area contributed by atoms with E-state index in [4.69, 9.17) is 4.74 Å². The monoisotopic (exact) mass is 453 g/mol. The quantitative estimate of drug-likeness (QED) is 0.520. The summed E-state index contributed by atoms with van der Waals surface area (Å²) in [5, 5.41) is 9.35. The van der Waals surface area contributed by atoms with Crippen LogP contribution in [0, 0.1) is 12.8 Å².